The summed E-state index contributed by atoms with van der Waals surface area (Å²) in [6, 6.07) is 14.8. The first-order chi connectivity index (χ1) is 15.7. The zero-order chi connectivity index (χ0) is 22.2. The average molecular weight is 435 g/mol. The molecular formula is C23H25N5O4. The van der Waals surface area contributed by atoms with Crippen molar-refractivity contribution in [2.75, 3.05) is 55.9 Å². The Morgan fingerprint density at radius 2 is 1.69 bits per heavy atom. The van der Waals surface area contributed by atoms with E-state index >= 15 is 0 Å². The van der Waals surface area contributed by atoms with Crippen molar-refractivity contribution in [3.05, 3.63) is 60.4 Å². The van der Waals surface area contributed by atoms with Gasteiger partial charge < -0.3 is 30.6 Å². The number of nitrogens with one attached hydrogen (secondary N) is 2. The van der Waals surface area contributed by atoms with Gasteiger partial charge in [-0.25, -0.2) is 9.97 Å². The Labute approximate surface area is 185 Å². The minimum absolute atomic E-state index is 0.0507. The molecule has 4 N–H and O–H groups in total. The maximum atomic E-state index is 13.0. The van der Waals surface area contributed by atoms with Gasteiger partial charge in [0.1, 0.15) is 12.4 Å². The molecule has 4 bridgehead atoms. The summed E-state index contributed by atoms with van der Waals surface area (Å²) in [6.07, 6.45) is 1.54. The van der Waals surface area contributed by atoms with Crippen molar-refractivity contribution in [1.29, 1.82) is 0 Å². The number of anilines is 3. The molecule has 9 nitrogen and oxygen atoms in total. The van der Waals surface area contributed by atoms with Gasteiger partial charge in [0, 0.05) is 12.1 Å². The van der Waals surface area contributed by atoms with Crippen LogP contribution in [-0.2, 0) is 9.47 Å². The van der Waals surface area contributed by atoms with Gasteiger partial charge in [0.05, 0.1) is 49.7 Å². The first kappa shape index (κ1) is 21.5. The van der Waals surface area contributed by atoms with Crippen molar-refractivity contribution in [2.45, 2.75) is 0 Å². The van der Waals surface area contributed by atoms with E-state index in [0.717, 1.165) is 11.3 Å². The molecule has 0 spiro atoms. The predicted molar refractivity (Wildman–Crippen MR) is 122 cm³/mol. The van der Waals surface area contributed by atoms with E-state index in [2.05, 4.69) is 20.6 Å². The fourth-order valence-corrected chi connectivity index (χ4v) is 3.18. The number of nitrogen functional groups attached to an aromatic ring is 1. The van der Waals surface area contributed by atoms with E-state index in [1.807, 2.05) is 42.5 Å². The third-order valence-electron chi connectivity index (χ3n) is 4.75. The summed E-state index contributed by atoms with van der Waals surface area (Å²) >= 11 is 0. The number of aromatic nitrogens is 2. The molecule has 32 heavy (non-hydrogen) atoms. The summed E-state index contributed by atoms with van der Waals surface area (Å²) in [5, 5.41) is 6.13. The van der Waals surface area contributed by atoms with Crippen molar-refractivity contribution < 1.29 is 19.0 Å². The zero-order valence-corrected chi connectivity index (χ0v) is 17.5. The molecule has 3 aromatic rings. The summed E-state index contributed by atoms with van der Waals surface area (Å²) < 4.78 is 16.9. The lowest BCUT2D eigenvalue weighted by molar-refractivity contribution is 0.0395. The van der Waals surface area contributed by atoms with Gasteiger partial charge in [0.15, 0.2) is 11.5 Å². The van der Waals surface area contributed by atoms with Crippen LogP contribution in [0.3, 0.4) is 0 Å². The third-order valence-corrected chi connectivity index (χ3v) is 4.75. The van der Waals surface area contributed by atoms with Gasteiger partial charge in [-0.05, 0) is 24.3 Å². The molecule has 0 saturated carbocycles. The van der Waals surface area contributed by atoms with Crippen molar-refractivity contribution in [2.24, 2.45) is 0 Å². The predicted octanol–water partition coefficient (Wildman–Crippen LogP) is 2.82. The van der Waals surface area contributed by atoms with Crippen LogP contribution in [0.1, 0.15) is 10.5 Å². The Kier molecular flexibility index (Phi) is 7.11. The van der Waals surface area contributed by atoms with Gasteiger partial charge in [-0.2, -0.15) is 0 Å². The van der Waals surface area contributed by atoms with Crippen LogP contribution in [0, 0.1) is 0 Å². The highest BCUT2D eigenvalue weighted by Crippen LogP contribution is 2.25. The number of carbonyl (C=O) groups excluding carboxylic acids is 1. The van der Waals surface area contributed by atoms with Crippen LogP contribution >= 0.6 is 0 Å². The second-order valence-electron chi connectivity index (χ2n) is 7.02. The van der Waals surface area contributed by atoms with Crippen LogP contribution in [0.5, 0.6) is 5.75 Å². The first-order valence-electron chi connectivity index (χ1n) is 10.4. The van der Waals surface area contributed by atoms with Gasteiger partial charge in [0.25, 0.3) is 5.91 Å². The number of benzene rings is 2. The first-order valence-corrected chi connectivity index (χ1v) is 10.4. The fraction of sp³-hybridized carbons (Fsp3) is 0.261. The molecule has 0 fully saturated rings. The van der Waals surface area contributed by atoms with Crippen molar-refractivity contribution in [3.63, 3.8) is 0 Å². The number of fused-ring (bicyclic) bond motifs is 6. The summed E-state index contributed by atoms with van der Waals surface area (Å²) in [5.41, 5.74) is 8.67. The lowest BCUT2D eigenvalue weighted by atomic mass is 10.1. The molecule has 166 valence electrons. The number of nitrogens with zero attached hydrogens (tertiary/aromatic N) is 2. The molecule has 1 aromatic heterocycles. The second-order valence-corrected chi connectivity index (χ2v) is 7.02. The Morgan fingerprint density at radius 1 is 0.906 bits per heavy atom. The van der Waals surface area contributed by atoms with Gasteiger partial charge in [-0.3, -0.25) is 4.79 Å². The van der Waals surface area contributed by atoms with E-state index in [1.54, 1.807) is 6.07 Å². The highest BCUT2D eigenvalue weighted by Gasteiger charge is 2.16. The molecule has 0 aliphatic carbocycles. The Hall–Kier alpha value is -3.69. The molecule has 9 heteroatoms. The lowest BCUT2D eigenvalue weighted by Gasteiger charge is -2.14. The van der Waals surface area contributed by atoms with Gasteiger partial charge in [-0.1, -0.05) is 24.3 Å². The molecule has 0 unspecified atom stereocenters. The smallest absolute Gasteiger partial charge is 0.278 e. The maximum absolute atomic E-state index is 13.0. The molecule has 2 aromatic carbocycles. The van der Waals surface area contributed by atoms with Crippen LogP contribution < -0.4 is 21.1 Å². The molecule has 2 heterocycles. The molecule has 0 radical (unpaired) electrons. The second kappa shape index (κ2) is 10.6. The van der Waals surface area contributed by atoms with E-state index in [-0.39, 0.29) is 11.5 Å². The number of amides is 1. The average Bonchev–Trinajstić information content (AvgIpc) is 2.81. The molecule has 0 saturated heterocycles. The van der Waals surface area contributed by atoms with Crippen molar-refractivity contribution >= 4 is 23.1 Å². The van der Waals surface area contributed by atoms with Gasteiger partial charge in [-0.15, -0.1) is 0 Å². The number of hydrogen-bond donors (Lipinski definition) is 3. The normalized spacial score (nSPS) is 15.4. The molecule has 1 amide bonds. The Bertz CT molecular complexity index is 1080. The minimum Gasteiger partial charge on any atom is -0.491 e. The van der Waals surface area contributed by atoms with E-state index in [9.17, 15) is 4.79 Å². The number of ether oxygens (including phenoxy) is 3. The number of hydrogen-bond acceptors (Lipinski definition) is 8. The van der Waals surface area contributed by atoms with Crippen LogP contribution in [0.2, 0.25) is 0 Å². The molecule has 0 atom stereocenters. The molecular weight excluding hydrogens is 410 g/mol. The lowest BCUT2D eigenvalue weighted by Crippen LogP contribution is -2.19. The van der Waals surface area contributed by atoms with Crippen LogP contribution in [0.15, 0.2) is 54.7 Å². The third kappa shape index (κ3) is 5.51. The molecule has 1 aliphatic heterocycles. The summed E-state index contributed by atoms with van der Waals surface area (Å²) in [6.45, 7) is 2.90. The Balaban J connectivity index is 1.63. The van der Waals surface area contributed by atoms with Crippen molar-refractivity contribution in [1.82, 2.24) is 9.97 Å². The van der Waals surface area contributed by atoms with Crippen molar-refractivity contribution in [3.8, 4) is 17.0 Å². The van der Waals surface area contributed by atoms with Crippen LogP contribution in [0.25, 0.3) is 11.3 Å². The summed E-state index contributed by atoms with van der Waals surface area (Å²) in [7, 11) is 0. The summed E-state index contributed by atoms with van der Waals surface area (Å²) in [5.74, 6) is 0.277. The topological polar surface area (TPSA) is 121 Å². The van der Waals surface area contributed by atoms with E-state index in [1.165, 1.54) is 6.20 Å². The van der Waals surface area contributed by atoms with E-state index in [4.69, 9.17) is 19.9 Å². The van der Waals surface area contributed by atoms with E-state index in [0.29, 0.717) is 56.7 Å². The largest absolute Gasteiger partial charge is 0.491 e. The number of carbonyl (C=O) groups is 1. The SMILES string of the molecule is Nc1ncc2nc1C(=O)Nc1ccccc1NCCOCCOCCOc1cccc-2c1. The maximum Gasteiger partial charge on any atom is 0.278 e. The minimum atomic E-state index is -0.443. The Morgan fingerprint density at radius 3 is 2.56 bits per heavy atom. The number of rotatable bonds is 0. The van der Waals surface area contributed by atoms with Crippen LogP contribution in [0.4, 0.5) is 17.2 Å². The monoisotopic (exact) mass is 435 g/mol. The summed E-state index contributed by atoms with van der Waals surface area (Å²) in [4.78, 5) is 21.6. The standard InChI is InChI=1S/C23H25N5O4/c24-22-21-23(29)28-19-7-2-1-6-18(19)25-8-9-30-10-11-31-12-13-32-17-5-3-4-16(14-17)20(27-21)15-26-22/h1-7,14-15,25H,8-13H2,(H2,24,26)(H,28,29). The molecule has 1 aliphatic rings. The van der Waals surface area contributed by atoms with E-state index < -0.39 is 5.91 Å². The quantitative estimate of drug-likeness (QED) is 0.493. The number of nitrogens with two attached hydrogens (primary N) is 1. The molecule has 4 rings (SSSR count). The number of para-hydroxylation sites is 2. The highest BCUT2D eigenvalue weighted by molar-refractivity contribution is 6.07. The highest BCUT2D eigenvalue weighted by atomic mass is 16.5. The van der Waals surface area contributed by atoms with Crippen LogP contribution in [-0.4, -0.2) is 55.5 Å². The van der Waals surface area contributed by atoms with Gasteiger partial charge >= 0.3 is 0 Å². The zero-order valence-electron chi connectivity index (χ0n) is 17.5. The van der Waals surface area contributed by atoms with Gasteiger partial charge in [0.2, 0.25) is 0 Å². The fourth-order valence-electron chi connectivity index (χ4n) is 3.18.